The molecule has 80 valence electrons. The predicted octanol–water partition coefficient (Wildman–Crippen LogP) is 0.839. The van der Waals surface area contributed by atoms with E-state index in [1.54, 1.807) is 12.6 Å². The molecule has 15 heavy (non-hydrogen) atoms. The Morgan fingerprint density at radius 2 is 2.53 bits per heavy atom. The van der Waals surface area contributed by atoms with Crippen LogP contribution in [-0.4, -0.2) is 28.8 Å². The molecule has 2 aromatic heterocycles. The maximum Gasteiger partial charge on any atom is 0.246 e. The van der Waals surface area contributed by atoms with Crippen molar-refractivity contribution in [1.29, 1.82) is 0 Å². The third-order valence-electron chi connectivity index (χ3n) is 1.77. The van der Waals surface area contributed by atoms with Crippen molar-refractivity contribution >= 4 is 11.3 Å². The van der Waals surface area contributed by atoms with E-state index in [9.17, 15) is 0 Å². The molecule has 2 heterocycles. The molecule has 7 heteroatoms. The van der Waals surface area contributed by atoms with Gasteiger partial charge in [-0.15, -0.1) is 11.3 Å². The summed E-state index contributed by atoms with van der Waals surface area (Å²) in [6, 6.07) is -0.394. The van der Waals surface area contributed by atoms with Crippen molar-refractivity contribution in [2.24, 2.45) is 5.73 Å². The van der Waals surface area contributed by atoms with Gasteiger partial charge in [-0.05, 0) is 0 Å². The number of ether oxygens (including phenoxy) is 1. The monoisotopic (exact) mass is 226 g/mol. The third-order valence-corrected chi connectivity index (χ3v) is 2.35. The Hall–Kier alpha value is -1.31. The van der Waals surface area contributed by atoms with Gasteiger partial charge in [0, 0.05) is 12.5 Å². The summed E-state index contributed by atoms with van der Waals surface area (Å²) in [5.41, 5.74) is 8.14. The van der Waals surface area contributed by atoms with Crippen LogP contribution in [0.25, 0.3) is 11.5 Å². The average molecular weight is 226 g/mol. The molecule has 0 aliphatic heterocycles. The van der Waals surface area contributed by atoms with Gasteiger partial charge in [0.25, 0.3) is 0 Å². The number of hydrogen-bond acceptors (Lipinski definition) is 7. The van der Waals surface area contributed by atoms with Gasteiger partial charge in [0.05, 0.1) is 12.1 Å². The number of thiazole rings is 1. The molecule has 1 atom stereocenters. The van der Waals surface area contributed by atoms with Crippen molar-refractivity contribution in [2.75, 3.05) is 13.7 Å². The fourth-order valence-electron chi connectivity index (χ4n) is 1.06. The number of nitrogens with zero attached hydrogens (tertiary/aromatic N) is 3. The lowest BCUT2D eigenvalue weighted by atomic mass is 10.3. The first kappa shape index (κ1) is 10.2. The zero-order valence-corrected chi connectivity index (χ0v) is 8.90. The second kappa shape index (κ2) is 4.47. The molecule has 0 spiro atoms. The smallest absolute Gasteiger partial charge is 0.246 e. The van der Waals surface area contributed by atoms with Crippen molar-refractivity contribution < 1.29 is 9.26 Å². The number of methoxy groups -OCH3 is 1. The topological polar surface area (TPSA) is 87.1 Å². The summed E-state index contributed by atoms with van der Waals surface area (Å²) in [4.78, 5) is 8.20. The van der Waals surface area contributed by atoms with Gasteiger partial charge in [0.1, 0.15) is 11.7 Å². The third kappa shape index (κ3) is 2.20. The summed E-state index contributed by atoms with van der Waals surface area (Å²) in [6.07, 6.45) is 0. The molecule has 0 bridgehead atoms. The first-order chi connectivity index (χ1) is 7.31. The van der Waals surface area contributed by atoms with E-state index in [1.165, 1.54) is 11.3 Å². The van der Waals surface area contributed by atoms with Gasteiger partial charge in [-0.2, -0.15) is 4.98 Å². The molecule has 2 aromatic rings. The van der Waals surface area contributed by atoms with Crippen LogP contribution in [-0.2, 0) is 4.74 Å². The maximum atomic E-state index is 5.73. The van der Waals surface area contributed by atoms with Crippen LogP contribution in [0.15, 0.2) is 15.4 Å². The summed E-state index contributed by atoms with van der Waals surface area (Å²) in [5, 5.41) is 5.63. The maximum absolute atomic E-state index is 5.73. The van der Waals surface area contributed by atoms with Crippen molar-refractivity contribution in [3.8, 4) is 11.5 Å². The molecule has 0 aliphatic rings. The SMILES string of the molecule is COCC(N)c1nc(-c2cscn2)no1. The van der Waals surface area contributed by atoms with Crippen molar-refractivity contribution in [3.63, 3.8) is 0 Å². The molecule has 0 amide bonds. The zero-order valence-electron chi connectivity index (χ0n) is 8.08. The number of hydrogen-bond donors (Lipinski definition) is 1. The van der Waals surface area contributed by atoms with E-state index >= 15 is 0 Å². The first-order valence-electron chi connectivity index (χ1n) is 4.28. The van der Waals surface area contributed by atoms with E-state index in [-0.39, 0.29) is 0 Å². The van der Waals surface area contributed by atoms with Gasteiger partial charge in [0.15, 0.2) is 0 Å². The van der Waals surface area contributed by atoms with Crippen molar-refractivity contribution in [2.45, 2.75) is 6.04 Å². The van der Waals surface area contributed by atoms with E-state index < -0.39 is 6.04 Å². The van der Waals surface area contributed by atoms with Gasteiger partial charge >= 0.3 is 0 Å². The highest BCUT2D eigenvalue weighted by Crippen LogP contribution is 2.17. The average Bonchev–Trinajstić information content (AvgIpc) is 2.89. The number of rotatable bonds is 4. The van der Waals surface area contributed by atoms with Crippen LogP contribution in [0, 0.1) is 0 Å². The second-order valence-electron chi connectivity index (χ2n) is 2.89. The zero-order chi connectivity index (χ0) is 10.7. The lowest BCUT2D eigenvalue weighted by Gasteiger charge is -2.02. The van der Waals surface area contributed by atoms with Crippen LogP contribution < -0.4 is 5.73 Å². The van der Waals surface area contributed by atoms with Crippen LogP contribution in [0.5, 0.6) is 0 Å². The lowest BCUT2D eigenvalue weighted by Crippen LogP contribution is -2.16. The molecule has 0 fully saturated rings. The second-order valence-corrected chi connectivity index (χ2v) is 3.61. The molecule has 0 aromatic carbocycles. The molecular formula is C8H10N4O2S. The van der Waals surface area contributed by atoms with Crippen LogP contribution in [0.2, 0.25) is 0 Å². The molecule has 0 radical (unpaired) electrons. The predicted molar refractivity (Wildman–Crippen MR) is 54.2 cm³/mol. The largest absolute Gasteiger partial charge is 0.383 e. The van der Waals surface area contributed by atoms with E-state index in [0.717, 1.165) is 0 Å². The summed E-state index contributed by atoms with van der Waals surface area (Å²) >= 11 is 1.47. The summed E-state index contributed by atoms with van der Waals surface area (Å²) in [6.45, 7) is 0.346. The lowest BCUT2D eigenvalue weighted by molar-refractivity contribution is 0.166. The Morgan fingerprint density at radius 1 is 1.67 bits per heavy atom. The molecular weight excluding hydrogens is 216 g/mol. The molecule has 0 saturated carbocycles. The minimum Gasteiger partial charge on any atom is -0.383 e. The van der Waals surface area contributed by atoms with E-state index in [4.69, 9.17) is 15.0 Å². The molecule has 1 unspecified atom stereocenters. The van der Waals surface area contributed by atoms with E-state index in [0.29, 0.717) is 24.0 Å². The summed E-state index contributed by atoms with van der Waals surface area (Å²) < 4.78 is 9.89. The van der Waals surface area contributed by atoms with Crippen molar-refractivity contribution in [1.82, 2.24) is 15.1 Å². The van der Waals surface area contributed by atoms with Gasteiger partial charge in [-0.25, -0.2) is 4.98 Å². The van der Waals surface area contributed by atoms with Crippen LogP contribution in [0.1, 0.15) is 11.9 Å². The Kier molecular flexibility index (Phi) is 3.05. The standard InChI is InChI=1S/C8H10N4O2S/c1-13-2-5(9)8-11-7(12-14-8)6-3-15-4-10-6/h3-5H,2,9H2,1H3. The van der Waals surface area contributed by atoms with Crippen molar-refractivity contribution in [3.05, 3.63) is 16.8 Å². The number of aromatic nitrogens is 3. The summed E-state index contributed by atoms with van der Waals surface area (Å²) in [5.74, 6) is 0.817. The first-order valence-corrected chi connectivity index (χ1v) is 5.22. The van der Waals surface area contributed by atoms with Crippen LogP contribution >= 0.6 is 11.3 Å². The molecule has 2 N–H and O–H groups in total. The van der Waals surface area contributed by atoms with Gasteiger partial charge in [0.2, 0.25) is 11.7 Å². The molecule has 6 nitrogen and oxygen atoms in total. The highest BCUT2D eigenvalue weighted by molar-refractivity contribution is 7.07. The van der Waals surface area contributed by atoms with Crippen LogP contribution in [0.3, 0.4) is 0 Å². The molecule has 0 aliphatic carbocycles. The van der Waals surface area contributed by atoms with Crippen LogP contribution in [0.4, 0.5) is 0 Å². The Balaban J connectivity index is 2.17. The highest BCUT2D eigenvalue weighted by atomic mass is 32.1. The molecule has 2 rings (SSSR count). The molecule has 0 saturated heterocycles. The minimum absolute atomic E-state index is 0.346. The van der Waals surface area contributed by atoms with E-state index in [1.807, 2.05) is 5.38 Å². The highest BCUT2D eigenvalue weighted by Gasteiger charge is 2.16. The summed E-state index contributed by atoms with van der Waals surface area (Å²) in [7, 11) is 1.57. The quantitative estimate of drug-likeness (QED) is 0.831. The fourth-order valence-corrected chi connectivity index (χ4v) is 1.59. The Bertz CT molecular complexity index is 414. The van der Waals surface area contributed by atoms with Gasteiger partial charge < -0.3 is 15.0 Å². The van der Waals surface area contributed by atoms with Gasteiger partial charge in [-0.3, -0.25) is 0 Å². The minimum atomic E-state index is -0.394. The Morgan fingerprint density at radius 3 is 3.20 bits per heavy atom. The number of nitrogens with two attached hydrogens (primary N) is 1. The van der Waals surface area contributed by atoms with Gasteiger partial charge in [-0.1, -0.05) is 5.16 Å². The Labute approximate surface area is 90.1 Å². The van der Waals surface area contributed by atoms with E-state index in [2.05, 4.69) is 15.1 Å². The fraction of sp³-hybridized carbons (Fsp3) is 0.375. The normalized spacial score (nSPS) is 12.9.